The number of benzene rings is 4. The molecule has 0 aromatic heterocycles. The third-order valence-corrected chi connectivity index (χ3v) is 12.5. The van der Waals surface area contributed by atoms with Gasteiger partial charge in [0.2, 0.25) is 11.8 Å². The van der Waals surface area contributed by atoms with E-state index in [2.05, 4.69) is 0 Å². The number of alkyl halides is 2. The summed E-state index contributed by atoms with van der Waals surface area (Å²) in [5.41, 5.74) is 2.41. The Morgan fingerprint density at radius 2 is 1.48 bits per heavy atom. The highest BCUT2D eigenvalue weighted by Crippen LogP contribution is 2.63. The van der Waals surface area contributed by atoms with Crippen LogP contribution in [0.5, 0.6) is 11.5 Å². The zero-order valence-electron chi connectivity index (χ0n) is 28.6. The van der Waals surface area contributed by atoms with Crippen molar-refractivity contribution < 1.29 is 38.2 Å². The topological polar surface area (TPSA) is 121 Å². The summed E-state index contributed by atoms with van der Waals surface area (Å²) in [6, 6.07) is 24.4. The Balaban J connectivity index is 1.18. The minimum atomic E-state index is -2.08. The molecule has 9 nitrogen and oxygen atoms in total. The number of fused-ring (bicyclic) bond motifs is 4. The Kier molecular flexibility index (Phi) is 8.58. The molecule has 2 aliphatic heterocycles. The van der Waals surface area contributed by atoms with Gasteiger partial charge in [-0.1, -0.05) is 60.2 Å². The monoisotopic (exact) mass is 764 g/mol. The van der Waals surface area contributed by atoms with E-state index in [0.717, 1.165) is 21.9 Å². The molecule has 272 valence electrons. The number of phenolic OH excluding ortho intramolecular Hbond substituents is 1. The molecule has 2 aliphatic carbocycles. The molecule has 4 amide bonds. The Morgan fingerprint density at radius 3 is 2.17 bits per heavy atom. The van der Waals surface area contributed by atoms with E-state index in [4.69, 9.17) is 27.9 Å². The summed E-state index contributed by atoms with van der Waals surface area (Å²) in [6.45, 7) is 0. The first kappa shape index (κ1) is 35.4. The Bertz CT molecular complexity index is 2310. The summed E-state index contributed by atoms with van der Waals surface area (Å²) in [4.78, 5) is 68.2. The number of ether oxygens (including phenoxy) is 1. The van der Waals surface area contributed by atoms with Crippen molar-refractivity contribution in [2.45, 2.75) is 22.6 Å². The fourth-order valence-electron chi connectivity index (χ4n) is 8.42. The highest BCUT2D eigenvalue weighted by Gasteiger charge is 2.76. The number of aromatic hydroxyl groups is 1. The highest BCUT2D eigenvalue weighted by molar-refractivity contribution is 6.58. The average Bonchev–Trinajstić information content (AvgIpc) is 3.52. The van der Waals surface area contributed by atoms with Gasteiger partial charge in [0.1, 0.15) is 5.82 Å². The molecule has 2 saturated heterocycles. The highest BCUT2D eigenvalue weighted by atomic mass is 35.5. The van der Waals surface area contributed by atoms with Crippen molar-refractivity contribution in [2.24, 2.45) is 23.7 Å². The van der Waals surface area contributed by atoms with Gasteiger partial charge < -0.3 is 9.84 Å². The maximum Gasteiger partial charge on any atom is 0.258 e. The summed E-state index contributed by atoms with van der Waals surface area (Å²) in [5, 5.41) is 10.2. The zero-order valence-corrected chi connectivity index (χ0v) is 30.1. The van der Waals surface area contributed by atoms with E-state index < -0.39 is 62.9 Å². The molecule has 3 fully saturated rings. The van der Waals surface area contributed by atoms with Gasteiger partial charge in [-0.05, 0) is 85.0 Å². The van der Waals surface area contributed by atoms with E-state index >= 15 is 0 Å². The van der Waals surface area contributed by atoms with Crippen LogP contribution >= 0.6 is 23.2 Å². The predicted octanol–water partition coefficient (Wildman–Crippen LogP) is 7.08. The number of allylic oxidation sites excluding steroid dienone is 3. The number of ketones is 1. The van der Waals surface area contributed by atoms with Gasteiger partial charge in [-0.25, -0.2) is 9.29 Å². The number of carbonyl (C=O) groups is 5. The molecule has 4 aliphatic rings. The largest absolute Gasteiger partial charge is 0.504 e. The molecule has 54 heavy (non-hydrogen) atoms. The number of hydrogen-bond acceptors (Lipinski definition) is 7. The fourth-order valence-corrected chi connectivity index (χ4v) is 9.32. The van der Waals surface area contributed by atoms with Crippen LogP contribution in [0.1, 0.15) is 34.3 Å². The third kappa shape index (κ3) is 5.22. The predicted molar refractivity (Wildman–Crippen MR) is 200 cm³/mol. The molecule has 6 atom stereocenters. The van der Waals surface area contributed by atoms with Gasteiger partial charge in [0.15, 0.2) is 27.0 Å². The van der Waals surface area contributed by atoms with Gasteiger partial charge in [-0.2, -0.15) is 0 Å². The van der Waals surface area contributed by atoms with E-state index in [9.17, 15) is 33.5 Å². The minimum Gasteiger partial charge on any atom is -0.504 e. The van der Waals surface area contributed by atoms with Crippen molar-refractivity contribution in [2.75, 3.05) is 16.9 Å². The standard InChI is InChI=1S/C42H31Cl2FN2O7/c1-54-34-21-23(8-20-33(34)48)7-19-32-29-17-18-30-35(31(29)22-41(43)39(52)47(40(53)42(32,41)44)28-15-11-26(45)12-16-28)38(51)46(37(30)50)27-13-9-25(10-14-27)36(49)24-5-3-2-4-6-24/h2-17,19-21,30-32,35,48H,18,22H2,1H3. The molecule has 6 unspecified atom stereocenters. The van der Waals surface area contributed by atoms with Crippen LogP contribution in [0.3, 0.4) is 0 Å². The van der Waals surface area contributed by atoms with E-state index in [1.807, 2.05) is 12.1 Å². The number of amides is 4. The number of rotatable bonds is 7. The molecular weight excluding hydrogens is 734 g/mol. The molecular formula is C42H31Cl2FN2O7. The van der Waals surface area contributed by atoms with E-state index in [0.29, 0.717) is 28.0 Å². The summed E-state index contributed by atoms with van der Waals surface area (Å²) >= 11 is 14.8. The van der Waals surface area contributed by atoms with Crippen LogP contribution in [0.2, 0.25) is 0 Å². The van der Waals surface area contributed by atoms with Crippen LogP contribution in [0.25, 0.3) is 6.08 Å². The smallest absolute Gasteiger partial charge is 0.258 e. The van der Waals surface area contributed by atoms with E-state index in [1.165, 1.54) is 25.3 Å². The van der Waals surface area contributed by atoms with Gasteiger partial charge in [0.05, 0.1) is 30.3 Å². The van der Waals surface area contributed by atoms with Crippen LogP contribution in [0, 0.1) is 29.5 Å². The number of hydrogen-bond donors (Lipinski definition) is 1. The van der Waals surface area contributed by atoms with Crippen LogP contribution in [0.4, 0.5) is 15.8 Å². The molecule has 12 heteroatoms. The van der Waals surface area contributed by atoms with Crippen molar-refractivity contribution in [1.82, 2.24) is 0 Å². The maximum absolute atomic E-state index is 14.5. The van der Waals surface area contributed by atoms with Crippen molar-refractivity contribution in [3.63, 3.8) is 0 Å². The lowest BCUT2D eigenvalue weighted by Crippen LogP contribution is -2.60. The Morgan fingerprint density at radius 1 is 0.833 bits per heavy atom. The van der Waals surface area contributed by atoms with Crippen LogP contribution in [0.15, 0.2) is 115 Å². The lowest BCUT2D eigenvalue weighted by atomic mass is 9.57. The molecule has 1 saturated carbocycles. The lowest BCUT2D eigenvalue weighted by Gasteiger charge is -2.49. The Labute approximate surface area is 319 Å². The van der Waals surface area contributed by atoms with Gasteiger partial charge in [0, 0.05) is 17.0 Å². The van der Waals surface area contributed by atoms with Crippen molar-refractivity contribution in [1.29, 1.82) is 0 Å². The molecule has 2 heterocycles. The average molecular weight is 766 g/mol. The maximum atomic E-state index is 14.5. The molecule has 4 aromatic carbocycles. The number of halogens is 3. The SMILES string of the molecule is COc1cc(C=CC2C3=CCC4C(=O)N(c5ccc(C(=O)c6ccccc6)cc5)C(=O)C4C3CC3(Cl)C(=O)N(c4ccc(F)cc4)C(=O)C23Cl)ccc1O. The normalized spacial score (nSPS) is 27.5. The second kappa shape index (κ2) is 13.1. The number of imide groups is 2. The van der Waals surface area contributed by atoms with Gasteiger partial charge in [0.25, 0.3) is 11.8 Å². The summed E-state index contributed by atoms with van der Waals surface area (Å²) in [6.07, 6.45) is 5.05. The second-order valence-corrected chi connectivity index (χ2v) is 15.1. The molecule has 0 spiro atoms. The molecule has 8 rings (SSSR count). The number of methoxy groups -OCH3 is 1. The second-order valence-electron chi connectivity index (χ2n) is 13.8. The summed E-state index contributed by atoms with van der Waals surface area (Å²) in [5.74, 6) is -6.77. The van der Waals surface area contributed by atoms with E-state index in [1.54, 1.807) is 72.8 Å². The fraction of sp³-hybridized carbons (Fsp3) is 0.214. The number of carbonyl (C=O) groups excluding carboxylic acids is 5. The number of nitrogens with zero attached hydrogens (tertiary/aromatic N) is 2. The van der Waals surface area contributed by atoms with Crippen LogP contribution in [-0.2, 0) is 19.2 Å². The van der Waals surface area contributed by atoms with Crippen molar-refractivity contribution >= 4 is 70.1 Å². The first-order chi connectivity index (χ1) is 25.9. The van der Waals surface area contributed by atoms with Crippen molar-refractivity contribution in [3.05, 3.63) is 137 Å². The van der Waals surface area contributed by atoms with Crippen LogP contribution < -0.4 is 14.5 Å². The molecule has 0 radical (unpaired) electrons. The van der Waals surface area contributed by atoms with Gasteiger partial charge >= 0.3 is 0 Å². The zero-order chi connectivity index (χ0) is 38.1. The molecule has 1 N–H and O–H groups in total. The van der Waals surface area contributed by atoms with Gasteiger partial charge in [-0.3, -0.25) is 28.9 Å². The van der Waals surface area contributed by atoms with Crippen LogP contribution in [-0.4, -0.2) is 51.4 Å². The van der Waals surface area contributed by atoms with Gasteiger partial charge in [-0.15, -0.1) is 23.2 Å². The summed E-state index contributed by atoms with van der Waals surface area (Å²) in [7, 11) is 1.40. The minimum absolute atomic E-state index is 0.0779. The quantitative estimate of drug-likeness (QED) is 0.0924. The molecule has 0 bridgehead atoms. The lowest BCUT2D eigenvalue weighted by molar-refractivity contribution is -0.125. The van der Waals surface area contributed by atoms with E-state index in [-0.39, 0.29) is 35.8 Å². The van der Waals surface area contributed by atoms with Crippen molar-refractivity contribution in [3.8, 4) is 11.5 Å². The number of phenols is 1. The third-order valence-electron chi connectivity index (χ3n) is 11.1. The number of anilines is 2. The Hall–Kier alpha value is -5.58. The molecule has 4 aromatic rings. The summed E-state index contributed by atoms with van der Waals surface area (Å²) < 4.78 is 19.2. The first-order valence-electron chi connectivity index (χ1n) is 17.2. The first-order valence-corrected chi connectivity index (χ1v) is 18.0.